The Kier molecular flexibility index (Phi) is 5.29. The van der Waals surface area contributed by atoms with Gasteiger partial charge in [0.05, 0.1) is 24.6 Å². The number of carboxylic acids is 1. The number of thiazole rings is 1. The molecule has 108 valence electrons. The maximum Gasteiger partial charge on any atom is 0.303 e. The molecule has 0 aliphatic heterocycles. The van der Waals surface area contributed by atoms with E-state index in [-0.39, 0.29) is 6.42 Å². The van der Waals surface area contributed by atoms with Gasteiger partial charge in [0.1, 0.15) is 0 Å². The molecule has 5 nitrogen and oxygen atoms in total. The Morgan fingerprint density at radius 2 is 2.14 bits per heavy atom. The topological polar surface area (TPSA) is 77.2 Å². The molecule has 0 unspecified atom stereocenters. The van der Waals surface area contributed by atoms with E-state index in [0.717, 1.165) is 16.5 Å². The van der Waals surface area contributed by atoms with Crippen molar-refractivity contribution in [3.63, 3.8) is 0 Å². The third-order valence-electron chi connectivity index (χ3n) is 2.88. The van der Waals surface area contributed by atoms with E-state index < -0.39 is 5.97 Å². The number of hydrogen-bond acceptors (Lipinski definition) is 5. The number of anilines is 2. The van der Waals surface area contributed by atoms with Crippen molar-refractivity contribution in [2.24, 2.45) is 0 Å². The molecule has 0 radical (unpaired) electrons. The summed E-state index contributed by atoms with van der Waals surface area (Å²) in [5.41, 5.74) is 1.75. The van der Waals surface area contributed by atoms with Crippen molar-refractivity contribution in [3.05, 3.63) is 41.4 Å². The molecule has 1 aromatic heterocycles. The van der Waals surface area contributed by atoms with E-state index in [9.17, 15) is 4.79 Å². The Balaban J connectivity index is 2.17. The monoisotopic (exact) mass is 301 g/mol. The van der Waals surface area contributed by atoms with Crippen molar-refractivity contribution in [2.45, 2.75) is 19.3 Å². The predicted molar refractivity (Wildman–Crippen MR) is 81.7 cm³/mol. The summed E-state index contributed by atoms with van der Waals surface area (Å²) in [6.45, 7) is 0.562. The highest BCUT2D eigenvalue weighted by atomic mass is 32.1. The van der Waals surface area contributed by atoms with Crippen LogP contribution in [0.3, 0.4) is 0 Å². The molecule has 21 heavy (non-hydrogen) atoms. The van der Waals surface area contributed by atoms with Crippen LogP contribution >= 0.6 is 11.3 Å². The lowest BCUT2D eigenvalue weighted by Crippen LogP contribution is -2.17. The van der Waals surface area contributed by atoms with Crippen molar-refractivity contribution in [1.29, 1.82) is 5.26 Å². The molecule has 0 aliphatic carbocycles. The van der Waals surface area contributed by atoms with Gasteiger partial charge in [0.25, 0.3) is 0 Å². The van der Waals surface area contributed by atoms with Crippen LogP contribution in [-0.4, -0.2) is 22.6 Å². The largest absolute Gasteiger partial charge is 0.481 e. The minimum absolute atomic E-state index is 0.0761. The van der Waals surface area contributed by atoms with Crippen molar-refractivity contribution >= 4 is 28.1 Å². The minimum Gasteiger partial charge on any atom is -0.481 e. The normalized spacial score (nSPS) is 10.0. The van der Waals surface area contributed by atoms with Crippen molar-refractivity contribution in [1.82, 2.24) is 4.98 Å². The first-order valence-corrected chi connectivity index (χ1v) is 7.44. The minimum atomic E-state index is -0.825. The molecule has 1 aromatic carbocycles. The van der Waals surface area contributed by atoms with Gasteiger partial charge in [-0.05, 0) is 12.1 Å². The van der Waals surface area contributed by atoms with Crippen molar-refractivity contribution < 1.29 is 9.90 Å². The number of hydrogen-bond donors (Lipinski definition) is 1. The standard InChI is InChI=1S/C15H15N3O2S/c16-9-4-10-18(13-5-2-1-3-6-13)15-17-12(11-21-15)7-8-14(19)20/h1-3,5-6,11H,4,7-8,10H2,(H,19,20). The number of carboxylic acid groups (broad SMARTS) is 1. The number of aryl methyl sites for hydroxylation is 1. The zero-order valence-electron chi connectivity index (χ0n) is 11.4. The second kappa shape index (κ2) is 7.41. The summed E-state index contributed by atoms with van der Waals surface area (Å²) in [5.74, 6) is -0.825. The SMILES string of the molecule is N#CCCN(c1ccccc1)c1nc(CCC(=O)O)cs1. The van der Waals surface area contributed by atoms with Gasteiger partial charge in [-0.1, -0.05) is 18.2 Å². The smallest absolute Gasteiger partial charge is 0.303 e. The van der Waals surface area contributed by atoms with E-state index in [1.807, 2.05) is 40.6 Å². The molecule has 0 spiro atoms. The molecule has 2 rings (SSSR count). The quantitative estimate of drug-likeness (QED) is 0.849. The first-order valence-electron chi connectivity index (χ1n) is 6.56. The summed E-state index contributed by atoms with van der Waals surface area (Å²) in [7, 11) is 0. The molecule has 1 N–H and O–H groups in total. The summed E-state index contributed by atoms with van der Waals surface area (Å²) in [5, 5.41) is 20.2. The van der Waals surface area contributed by atoms with Gasteiger partial charge >= 0.3 is 5.97 Å². The molecule has 0 saturated carbocycles. The summed E-state index contributed by atoms with van der Waals surface area (Å²) >= 11 is 1.47. The highest BCUT2D eigenvalue weighted by molar-refractivity contribution is 7.13. The Bertz CT molecular complexity index is 634. The number of carbonyl (C=O) groups is 1. The number of benzene rings is 1. The van der Waals surface area contributed by atoms with E-state index in [2.05, 4.69) is 11.1 Å². The highest BCUT2D eigenvalue weighted by Gasteiger charge is 2.13. The molecule has 0 fully saturated rings. The van der Waals surface area contributed by atoms with Crippen LogP contribution in [-0.2, 0) is 11.2 Å². The van der Waals surface area contributed by atoms with Gasteiger partial charge in [-0.3, -0.25) is 4.79 Å². The van der Waals surface area contributed by atoms with Crippen LogP contribution in [0.1, 0.15) is 18.5 Å². The van der Waals surface area contributed by atoms with Gasteiger partial charge in [-0.15, -0.1) is 11.3 Å². The van der Waals surface area contributed by atoms with E-state index in [1.165, 1.54) is 11.3 Å². The Labute approximate surface area is 127 Å². The average Bonchev–Trinajstić information content (AvgIpc) is 2.95. The fourth-order valence-corrected chi connectivity index (χ4v) is 2.78. The van der Waals surface area contributed by atoms with Crippen LogP contribution in [0.4, 0.5) is 10.8 Å². The third kappa shape index (κ3) is 4.29. The number of aromatic nitrogens is 1. The third-order valence-corrected chi connectivity index (χ3v) is 3.79. The lowest BCUT2D eigenvalue weighted by Gasteiger charge is -2.20. The number of nitriles is 1. The Morgan fingerprint density at radius 3 is 2.81 bits per heavy atom. The van der Waals surface area contributed by atoms with E-state index in [4.69, 9.17) is 10.4 Å². The fraction of sp³-hybridized carbons (Fsp3) is 0.267. The van der Waals surface area contributed by atoms with Crippen LogP contribution < -0.4 is 4.90 Å². The number of nitrogens with zero attached hydrogens (tertiary/aromatic N) is 3. The first-order chi connectivity index (χ1) is 10.2. The van der Waals surface area contributed by atoms with Gasteiger partial charge in [-0.2, -0.15) is 5.26 Å². The number of para-hydroxylation sites is 1. The molecule has 0 saturated heterocycles. The Morgan fingerprint density at radius 1 is 1.38 bits per heavy atom. The molecule has 0 atom stereocenters. The second-order valence-electron chi connectivity index (χ2n) is 4.41. The number of aliphatic carboxylic acids is 1. The molecule has 0 aliphatic rings. The molecule has 1 heterocycles. The molecule has 0 amide bonds. The van der Waals surface area contributed by atoms with Crippen LogP contribution in [0.5, 0.6) is 0 Å². The van der Waals surface area contributed by atoms with Gasteiger partial charge < -0.3 is 10.0 Å². The van der Waals surface area contributed by atoms with E-state index in [0.29, 0.717) is 19.4 Å². The molecule has 0 bridgehead atoms. The molecular weight excluding hydrogens is 286 g/mol. The van der Waals surface area contributed by atoms with Crippen molar-refractivity contribution in [3.8, 4) is 6.07 Å². The highest BCUT2D eigenvalue weighted by Crippen LogP contribution is 2.28. The van der Waals surface area contributed by atoms with Gasteiger partial charge in [0.2, 0.25) is 0 Å². The van der Waals surface area contributed by atoms with E-state index >= 15 is 0 Å². The molecular formula is C15H15N3O2S. The second-order valence-corrected chi connectivity index (χ2v) is 5.25. The zero-order chi connectivity index (χ0) is 15.1. The van der Waals surface area contributed by atoms with Gasteiger partial charge in [0, 0.05) is 24.0 Å². The van der Waals surface area contributed by atoms with Gasteiger partial charge in [0.15, 0.2) is 5.13 Å². The fourth-order valence-electron chi connectivity index (χ4n) is 1.88. The maximum absolute atomic E-state index is 10.6. The summed E-state index contributed by atoms with van der Waals surface area (Å²) in [4.78, 5) is 17.1. The lowest BCUT2D eigenvalue weighted by molar-refractivity contribution is -0.136. The Hall–Kier alpha value is -2.39. The predicted octanol–water partition coefficient (Wildman–Crippen LogP) is 3.21. The average molecular weight is 301 g/mol. The van der Waals surface area contributed by atoms with Crippen LogP contribution in [0.15, 0.2) is 35.7 Å². The van der Waals surface area contributed by atoms with Crippen LogP contribution in [0, 0.1) is 11.3 Å². The molecule has 6 heteroatoms. The van der Waals surface area contributed by atoms with Crippen molar-refractivity contribution in [2.75, 3.05) is 11.4 Å². The van der Waals surface area contributed by atoms with Crippen LogP contribution in [0.2, 0.25) is 0 Å². The maximum atomic E-state index is 10.6. The summed E-state index contributed by atoms with van der Waals surface area (Å²) < 4.78 is 0. The van der Waals surface area contributed by atoms with E-state index in [1.54, 1.807) is 0 Å². The summed E-state index contributed by atoms with van der Waals surface area (Å²) in [6, 6.07) is 11.9. The van der Waals surface area contributed by atoms with Gasteiger partial charge in [-0.25, -0.2) is 4.98 Å². The lowest BCUT2D eigenvalue weighted by atomic mass is 10.2. The molecule has 2 aromatic rings. The summed E-state index contributed by atoms with van der Waals surface area (Å²) in [6.07, 6.45) is 0.901. The first kappa shape index (κ1) is 15.0. The zero-order valence-corrected chi connectivity index (χ0v) is 12.2. The number of rotatable bonds is 7. The van der Waals surface area contributed by atoms with Crippen LogP contribution in [0.25, 0.3) is 0 Å².